The topological polar surface area (TPSA) is 720 Å². The molecule has 7 aliphatic rings. The van der Waals surface area contributed by atoms with E-state index in [2.05, 4.69) is 37.2 Å². The molecule has 7 fully saturated rings. The van der Waals surface area contributed by atoms with Gasteiger partial charge in [-0.3, -0.25) is 47.9 Å². The van der Waals surface area contributed by atoms with Gasteiger partial charge in [-0.05, 0) is 46.5 Å². The third-order valence-electron chi connectivity index (χ3n) is 19.9. The maximum Gasteiger partial charge on any atom is 0.364 e. The van der Waals surface area contributed by atoms with E-state index in [9.17, 15) is 134 Å². The van der Waals surface area contributed by atoms with Crippen LogP contribution in [0, 0.1) is 0 Å². The zero-order valence-electron chi connectivity index (χ0n) is 61.4. The maximum atomic E-state index is 15.0. The summed E-state index contributed by atoms with van der Waals surface area (Å²) < 4.78 is 59.7. The molecule has 111 heavy (non-hydrogen) atoms. The smallest absolute Gasteiger partial charge is 0.364 e. The van der Waals surface area contributed by atoms with Crippen LogP contribution in [0.15, 0.2) is 0 Å². The lowest BCUT2D eigenvalue weighted by molar-refractivity contribution is -0.383. The van der Waals surface area contributed by atoms with Crippen LogP contribution in [0.4, 0.5) is 0 Å². The highest BCUT2D eigenvalue weighted by Gasteiger charge is 2.62. The number of nitrogens with one attached hydrogen (secondary N) is 7. The molecule has 33 atom stereocenters. The zero-order valence-corrected chi connectivity index (χ0v) is 61.4. The van der Waals surface area contributed by atoms with Crippen LogP contribution in [0.5, 0.6) is 0 Å². The molecule has 0 aromatic heterocycles. The number of likely N-dealkylation sites (tertiary alicyclic amines) is 2. The van der Waals surface area contributed by atoms with E-state index in [0.717, 1.165) is 39.5 Å². The van der Waals surface area contributed by atoms with E-state index >= 15 is 0 Å². The summed E-state index contributed by atoms with van der Waals surface area (Å²) in [6.07, 6.45) is -49.4. The minimum absolute atomic E-state index is 0.0505. The van der Waals surface area contributed by atoms with Crippen molar-refractivity contribution in [3.8, 4) is 0 Å². The van der Waals surface area contributed by atoms with Gasteiger partial charge in [-0.15, -0.1) is 0 Å². The van der Waals surface area contributed by atoms with Gasteiger partial charge >= 0.3 is 5.97 Å². The lowest BCUT2D eigenvalue weighted by Gasteiger charge is -2.51. The molecule has 7 aliphatic heterocycles. The second-order valence-corrected chi connectivity index (χ2v) is 28.1. The van der Waals surface area contributed by atoms with Gasteiger partial charge in [0.1, 0.15) is 152 Å². The van der Waals surface area contributed by atoms with Gasteiger partial charge in [0.2, 0.25) is 59.1 Å². The number of carbonyl (C=O) groups excluding carboxylic acids is 10. The molecule has 0 radical (unpaired) electrons. The molecule has 7 rings (SSSR count). The number of carboxylic acid groups (broad SMARTS) is 1. The highest BCUT2D eigenvalue weighted by Crippen LogP contribution is 2.40. The van der Waals surface area contributed by atoms with E-state index < -0.39 is 312 Å². The van der Waals surface area contributed by atoms with E-state index in [1.165, 1.54) is 18.7 Å². The number of carbonyl (C=O) groups is 11. The van der Waals surface area contributed by atoms with E-state index in [-0.39, 0.29) is 32.4 Å². The molecule has 47 heteroatoms. The van der Waals surface area contributed by atoms with Gasteiger partial charge in [0, 0.05) is 47.2 Å². The van der Waals surface area contributed by atoms with Crippen LogP contribution >= 0.6 is 0 Å². The maximum absolute atomic E-state index is 15.0. The summed E-state index contributed by atoms with van der Waals surface area (Å²) >= 11 is 0. The van der Waals surface area contributed by atoms with Crippen molar-refractivity contribution in [2.24, 2.45) is 5.73 Å². The summed E-state index contributed by atoms with van der Waals surface area (Å²) in [6.45, 7) is 0.723. The van der Waals surface area contributed by atoms with Crippen LogP contribution in [0.1, 0.15) is 80.6 Å². The standard InChI is InChI=1S/C64H104N10O37/c1-21(53(65)94)66-55(96)29-10-8-12-73(29)58(99)30-11-9-13-74(30)57(98)22(2)67-56(97)37(72-54(95)28(15-75)68-24(4)80)23(3)103-60-40(71-27(7)83)50(44(89)36(107-60)20-102-59-39(70-26(6)82)45(90)49(35(19-79)106-59)108-61-47(92)46(91)42(87)33(17-77)104-61)109-62-48(93)52(43(88)34(18-78)105-62)111-64(63(100)101)14-31(84)38(69-25(5)81)51(110-64)41(86)32(85)16-76/h21-23,28-52,59-62,75-79,84-93H,8-20H2,1-7H3,(H2,65,94)(H,66,96)(H,67,97)(H,68,80)(H,69,81)(H,70,82)(H,71,83)(H,72,95)(H,100,101)/t21?,22?,23?,28?,29?,30?,31-,32-,33?,34?,35?,36?,37?,38-,39?,40?,41-,42+,43+,44+,45-,46+,47?,48?,49-,50-,51?,52+,59-,60+,61+,62+,64+/m1/s1. The van der Waals surface area contributed by atoms with Gasteiger partial charge in [-0.25, -0.2) is 4.79 Å². The van der Waals surface area contributed by atoms with Crippen LogP contribution in [0.2, 0.25) is 0 Å². The summed E-state index contributed by atoms with van der Waals surface area (Å²) in [5, 5.41) is 192. The third kappa shape index (κ3) is 21.6. The number of nitrogens with zero attached hydrogens (tertiary/aromatic N) is 2. The average Bonchev–Trinajstić information content (AvgIpc) is 1.18. The number of rotatable bonds is 33. The fraction of sp³-hybridized carbons (Fsp3) is 0.828. The Bertz CT molecular complexity index is 3230. The Hall–Kier alpha value is -6.83. The number of primary amides is 1. The molecule has 632 valence electrons. The summed E-state index contributed by atoms with van der Waals surface area (Å²) in [7, 11) is 0. The summed E-state index contributed by atoms with van der Waals surface area (Å²) in [5.74, 6) is -14.9. The Balaban J connectivity index is 1.27. The van der Waals surface area contributed by atoms with Gasteiger partial charge in [0.25, 0.3) is 5.79 Å². The predicted octanol–water partition coefficient (Wildman–Crippen LogP) is -15.4. The fourth-order valence-corrected chi connectivity index (χ4v) is 14.1. The van der Waals surface area contributed by atoms with Crippen LogP contribution in [0.25, 0.3) is 0 Å². The van der Waals surface area contributed by atoms with Crippen LogP contribution in [-0.2, 0) is 100 Å². The molecule has 16 unspecified atom stereocenters. The highest BCUT2D eigenvalue weighted by atomic mass is 16.8. The number of aliphatic carboxylic acids is 1. The molecular formula is C64H104N10O37. The number of aliphatic hydroxyl groups is 15. The second-order valence-electron chi connectivity index (χ2n) is 28.1. The van der Waals surface area contributed by atoms with Crippen molar-refractivity contribution >= 4 is 65.0 Å². The first-order valence-corrected chi connectivity index (χ1v) is 35.7. The first-order valence-electron chi connectivity index (χ1n) is 35.7. The largest absolute Gasteiger partial charge is 0.477 e. The van der Waals surface area contributed by atoms with Crippen molar-refractivity contribution < 1.29 is 182 Å². The quantitative estimate of drug-likeness (QED) is 0.0290. The predicted molar refractivity (Wildman–Crippen MR) is 357 cm³/mol. The molecule has 0 saturated carbocycles. The van der Waals surface area contributed by atoms with Gasteiger partial charge in [-0.1, -0.05) is 0 Å². The van der Waals surface area contributed by atoms with E-state index in [0.29, 0.717) is 6.42 Å². The Morgan fingerprint density at radius 3 is 1.65 bits per heavy atom. The van der Waals surface area contributed by atoms with Gasteiger partial charge < -0.3 is 182 Å². The Morgan fingerprint density at radius 2 is 1.08 bits per heavy atom. The van der Waals surface area contributed by atoms with Crippen molar-refractivity contribution in [3.63, 3.8) is 0 Å². The Morgan fingerprint density at radius 1 is 0.541 bits per heavy atom. The molecular weight excluding hydrogens is 1500 g/mol. The molecule has 0 bridgehead atoms. The number of ether oxygens (including phenoxy) is 10. The first-order chi connectivity index (χ1) is 52.2. The lowest BCUT2D eigenvalue weighted by Crippen LogP contribution is -2.71. The Labute approximate surface area is 632 Å². The van der Waals surface area contributed by atoms with Gasteiger partial charge in [0.15, 0.2) is 25.2 Å². The average molecular weight is 1610 g/mol. The lowest BCUT2D eigenvalue weighted by atomic mass is 9.88. The number of hydrogen-bond donors (Lipinski definition) is 24. The molecule has 7 heterocycles. The minimum atomic E-state index is -3.35. The fourth-order valence-electron chi connectivity index (χ4n) is 14.1. The van der Waals surface area contributed by atoms with Crippen LogP contribution in [0.3, 0.4) is 0 Å². The third-order valence-corrected chi connectivity index (χ3v) is 19.9. The van der Waals surface area contributed by atoms with Crippen molar-refractivity contribution in [2.75, 3.05) is 52.7 Å². The van der Waals surface area contributed by atoms with Crippen molar-refractivity contribution in [3.05, 3.63) is 0 Å². The number of amides is 10. The SMILES string of the molecule is CC(=O)NC(CO)C(=O)NC(C(=O)NC(C)C(=O)N1CCCC1C(=O)N1CCCC1C(=O)NC(C)C(N)=O)C(C)O[C@H]1OC(CO[C@@H]2OC(CO)[C@@H](O[C@@H]3OC(CO)[C@H](O)[C@H](O)C3O)[C@H](O)C2NC(C)=O)[C@H](O)[C@H](O[C@@H]2OC(CO)[C@H](O)[C@H](O[C@]3(C(=O)O)C[C@@H](O)[C@@H](NC(C)=O)C([C@H](O)[C@H](O)CO)O3)C2O)C1NC(C)=O. The number of nitrogens with two attached hydrogens (primary N) is 1. The number of aliphatic hydroxyl groups excluding tert-OH is 15. The molecule has 0 aromatic carbocycles. The van der Waals surface area contributed by atoms with E-state index in [4.69, 9.17) is 53.1 Å². The van der Waals surface area contributed by atoms with Crippen molar-refractivity contribution in [2.45, 2.75) is 282 Å². The minimum Gasteiger partial charge on any atom is -0.477 e. The molecule has 25 N–H and O–H groups in total. The molecule has 0 aromatic rings. The number of hydrogen-bond acceptors (Lipinski definition) is 36. The van der Waals surface area contributed by atoms with Crippen LogP contribution in [-0.4, -0.2) is 411 Å². The highest BCUT2D eigenvalue weighted by molar-refractivity contribution is 5.97. The van der Waals surface area contributed by atoms with E-state index in [1.807, 2.05) is 0 Å². The van der Waals surface area contributed by atoms with Gasteiger partial charge in [-0.2, -0.15) is 0 Å². The zero-order chi connectivity index (χ0) is 82.7. The second kappa shape index (κ2) is 40.0. The summed E-state index contributed by atoms with van der Waals surface area (Å²) in [5.41, 5.74) is 5.35. The Kier molecular flexibility index (Phi) is 32.9. The molecule has 47 nitrogen and oxygen atoms in total. The molecule has 0 spiro atoms. The molecule has 7 saturated heterocycles. The van der Waals surface area contributed by atoms with E-state index in [1.54, 1.807) is 0 Å². The summed E-state index contributed by atoms with van der Waals surface area (Å²) in [4.78, 5) is 150. The van der Waals surface area contributed by atoms with Crippen molar-refractivity contribution in [1.29, 1.82) is 0 Å². The molecule has 0 aliphatic carbocycles. The first kappa shape index (κ1) is 91.4. The number of carboxylic acids is 1. The van der Waals surface area contributed by atoms with Gasteiger partial charge in [0.05, 0.1) is 57.9 Å². The van der Waals surface area contributed by atoms with Crippen molar-refractivity contribution in [1.82, 2.24) is 47.0 Å². The summed E-state index contributed by atoms with van der Waals surface area (Å²) in [6, 6.07) is -14.6. The normalized spacial score (nSPS) is 37.0. The monoisotopic (exact) mass is 1600 g/mol. The van der Waals surface area contributed by atoms with Crippen LogP contribution < -0.4 is 43.0 Å². The molecule has 10 amide bonds.